The predicted molar refractivity (Wildman–Crippen MR) is 48.6 cm³/mol. The van der Waals surface area contributed by atoms with E-state index in [9.17, 15) is 0 Å². The third-order valence-corrected chi connectivity index (χ3v) is 2.04. The normalized spacial score (nSPS) is 10.8. The maximum atomic E-state index is 5.49. The molecule has 2 aromatic heterocycles. The Labute approximate surface area is 70.8 Å². The van der Waals surface area contributed by atoms with Crippen LogP contribution in [0.4, 0.5) is 0 Å². The third-order valence-electron chi connectivity index (χ3n) is 2.04. The van der Waals surface area contributed by atoms with Gasteiger partial charge in [-0.15, -0.1) is 0 Å². The highest BCUT2D eigenvalue weighted by molar-refractivity contribution is 5.79. The average Bonchev–Trinajstić information content (AvgIpc) is 2.47. The minimum atomic E-state index is 0.501. The topological polar surface area (TPSA) is 43.8 Å². The molecule has 0 saturated carbocycles. The molecule has 0 aliphatic carbocycles. The van der Waals surface area contributed by atoms with Gasteiger partial charge in [0.15, 0.2) is 0 Å². The standard InChI is InChI=1S/C9H11N3/c1-12-3-2-7-6-11-8(5-10)4-9(7)12/h2-4,6H,5,10H2,1H3. The van der Waals surface area contributed by atoms with E-state index in [0.29, 0.717) is 6.54 Å². The van der Waals surface area contributed by atoms with Gasteiger partial charge in [0.05, 0.1) is 11.2 Å². The zero-order chi connectivity index (χ0) is 8.55. The second-order valence-electron chi connectivity index (χ2n) is 2.87. The second-order valence-corrected chi connectivity index (χ2v) is 2.87. The number of nitrogens with zero attached hydrogens (tertiary/aromatic N) is 2. The van der Waals surface area contributed by atoms with Gasteiger partial charge in [-0.2, -0.15) is 0 Å². The van der Waals surface area contributed by atoms with E-state index in [0.717, 1.165) is 11.1 Å². The molecule has 0 spiro atoms. The van der Waals surface area contributed by atoms with Crippen molar-refractivity contribution in [2.45, 2.75) is 6.54 Å². The van der Waals surface area contributed by atoms with Gasteiger partial charge in [-0.3, -0.25) is 4.98 Å². The van der Waals surface area contributed by atoms with Gasteiger partial charge in [0.25, 0.3) is 0 Å². The molecule has 2 heterocycles. The summed E-state index contributed by atoms with van der Waals surface area (Å²) in [5.74, 6) is 0. The minimum absolute atomic E-state index is 0.501. The van der Waals surface area contributed by atoms with Crippen LogP contribution in [0.25, 0.3) is 10.9 Å². The van der Waals surface area contributed by atoms with Crippen LogP contribution in [-0.2, 0) is 13.6 Å². The molecule has 3 heteroatoms. The van der Waals surface area contributed by atoms with Crippen LogP contribution in [0.2, 0.25) is 0 Å². The molecule has 0 aliphatic rings. The van der Waals surface area contributed by atoms with E-state index < -0.39 is 0 Å². The van der Waals surface area contributed by atoms with Gasteiger partial charge in [0, 0.05) is 31.4 Å². The van der Waals surface area contributed by atoms with Crippen molar-refractivity contribution in [2.75, 3.05) is 0 Å². The van der Waals surface area contributed by atoms with Crippen molar-refractivity contribution in [3.05, 3.63) is 30.2 Å². The molecule has 0 atom stereocenters. The van der Waals surface area contributed by atoms with Crippen LogP contribution < -0.4 is 5.73 Å². The van der Waals surface area contributed by atoms with Crippen molar-refractivity contribution in [2.24, 2.45) is 12.8 Å². The number of fused-ring (bicyclic) bond motifs is 1. The maximum Gasteiger partial charge on any atom is 0.0560 e. The Bertz CT molecular complexity index is 403. The van der Waals surface area contributed by atoms with Gasteiger partial charge in [-0.1, -0.05) is 0 Å². The summed E-state index contributed by atoms with van der Waals surface area (Å²) >= 11 is 0. The lowest BCUT2D eigenvalue weighted by atomic mass is 10.3. The molecule has 0 aromatic carbocycles. The molecule has 0 bridgehead atoms. The fourth-order valence-corrected chi connectivity index (χ4v) is 1.31. The summed E-state index contributed by atoms with van der Waals surface area (Å²) in [6, 6.07) is 4.07. The molecule has 0 fully saturated rings. The van der Waals surface area contributed by atoms with Gasteiger partial charge in [0.1, 0.15) is 0 Å². The second kappa shape index (κ2) is 2.60. The fourth-order valence-electron chi connectivity index (χ4n) is 1.31. The number of hydrogen-bond donors (Lipinski definition) is 1. The molecule has 2 aromatic rings. The lowest BCUT2D eigenvalue weighted by Crippen LogP contribution is -1.99. The SMILES string of the molecule is Cn1ccc2cnc(CN)cc21. The van der Waals surface area contributed by atoms with E-state index in [1.54, 1.807) is 0 Å². The lowest BCUT2D eigenvalue weighted by Gasteiger charge is -1.98. The first kappa shape index (κ1) is 7.31. The molecule has 0 amide bonds. The molecular formula is C9H11N3. The first-order valence-electron chi connectivity index (χ1n) is 3.91. The van der Waals surface area contributed by atoms with Crippen LogP contribution in [0.1, 0.15) is 5.69 Å². The Kier molecular flexibility index (Phi) is 1.59. The molecule has 12 heavy (non-hydrogen) atoms. The van der Waals surface area contributed by atoms with E-state index in [2.05, 4.69) is 9.55 Å². The summed E-state index contributed by atoms with van der Waals surface area (Å²) in [7, 11) is 2.02. The zero-order valence-electron chi connectivity index (χ0n) is 6.99. The van der Waals surface area contributed by atoms with Crippen LogP contribution in [0.3, 0.4) is 0 Å². The van der Waals surface area contributed by atoms with Crippen molar-refractivity contribution in [3.63, 3.8) is 0 Å². The van der Waals surface area contributed by atoms with Crippen LogP contribution >= 0.6 is 0 Å². The van der Waals surface area contributed by atoms with Crippen molar-refractivity contribution in [1.29, 1.82) is 0 Å². The predicted octanol–water partition coefficient (Wildman–Crippen LogP) is 1.03. The number of nitrogens with two attached hydrogens (primary N) is 1. The van der Waals surface area contributed by atoms with Crippen molar-refractivity contribution < 1.29 is 0 Å². The molecule has 2 N–H and O–H groups in total. The monoisotopic (exact) mass is 161 g/mol. The summed E-state index contributed by atoms with van der Waals surface area (Å²) in [5, 5.41) is 1.16. The molecule has 0 unspecified atom stereocenters. The highest BCUT2D eigenvalue weighted by Gasteiger charge is 1.98. The summed E-state index contributed by atoms with van der Waals surface area (Å²) in [6.07, 6.45) is 3.88. The van der Waals surface area contributed by atoms with E-state index in [1.807, 2.05) is 31.6 Å². The Hall–Kier alpha value is -1.35. The Morgan fingerprint density at radius 1 is 1.58 bits per heavy atom. The Morgan fingerprint density at radius 2 is 2.42 bits per heavy atom. The number of pyridine rings is 1. The van der Waals surface area contributed by atoms with Crippen molar-refractivity contribution in [3.8, 4) is 0 Å². The van der Waals surface area contributed by atoms with Gasteiger partial charge in [-0.25, -0.2) is 0 Å². The third kappa shape index (κ3) is 0.987. The molecule has 0 radical (unpaired) electrons. The maximum absolute atomic E-state index is 5.49. The smallest absolute Gasteiger partial charge is 0.0560 e. The van der Waals surface area contributed by atoms with Gasteiger partial charge >= 0.3 is 0 Å². The molecule has 0 saturated heterocycles. The van der Waals surface area contributed by atoms with E-state index in [1.165, 1.54) is 5.52 Å². The van der Waals surface area contributed by atoms with Crippen molar-refractivity contribution in [1.82, 2.24) is 9.55 Å². The van der Waals surface area contributed by atoms with E-state index >= 15 is 0 Å². The molecule has 2 rings (SSSR count). The summed E-state index contributed by atoms with van der Waals surface area (Å²) < 4.78 is 2.07. The zero-order valence-corrected chi connectivity index (χ0v) is 6.99. The lowest BCUT2D eigenvalue weighted by molar-refractivity contribution is 0.953. The number of hydrogen-bond acceptors (Lipinski definition) is 2. The summed E-state index contributed by atoms with van der Waals surface area (Å²) in [6.45, 7) is 0.501. The number of aromatic nitrogens is 2. The molecule has 3 nitrogen and oxygen atoms in total. The number of rotatable bonds is 1. The summed E-state index contributed by atoms with van der Waals surface area (Å²) in [5.41, 5.74) is 7.61. The molecular weight excluding hydrogens is 150 g/mol. The van der Waals surface area contributed by atoms with Gasteiger partial charge < -0.3 is 10.3 Å². The first-order chi connectivity index (χ1) is 5.81. The van der Waals surface area contributed by atoms with Crippen LogP contribution in [0, 0.1) is 0 Å². The van der Waals surface area contributed by atoms with Crippen LogP contribution in [-0.4, -0.2) is 9.55 Å². The van der Waals surface area contributed by atoms with E-state index in [-0.39, 0.29) is 0 Å². The molecule has 62 valence electrons. The van der Waals surface area contributed by atoms with Gasteiger partial charge in [-0.05, 0) is 12.1 Å². The van der Waals surface area contributed by atoms with Crippen molar-refractivity contribution >= 4 is 10.9 Å². The van der Waals surface area contributed by atoms with Crippen LogP contribution in [0.5, 0.6) is 0 Å². The van der Waals surface area contributed by atoms with Gasteiger partial charge in [0.2, 0.25) is 0 Å². The average molecular weight is 161 g/mol. The highest BCUT2D eigenvalue weighted by Crippen LogP contribution is 2.13. The largest absolute Gasteiger partial charge is 0.350 e. The quantitative estimate of drug-likeness (QED) is 0.679. The highest BCUT2D eigenvalue weighted by atomic mass is 14.9. The summed E-state index contributed by atoms with van der Waals surface area (Å²) in [4.78, 5) is 4.20. The minimum Gasteiger partial charge on any atom is -0.350 e. The Morgan fingerprint density at radius 3 is 3.17 bits per heavy atom. The Balaban J connectivity index is 2.71. The van der Waals surface area contributed by atoms with Crippen LogP contribution in [0.15, 0.2) is 24.5 Å². The first-order valence-corrected chi connectivity index (χ1v) is 3.91. The fraction of sp³-hybridized carbons (Fsp3) is 0.222. The molecule has 0 aliphatic heterocycles. The van der Waals surface area contributed by atoms with E-state index in [4.69, 9.17) is 5.73 Å². The number of aryl methyl sites for hydroxylation is 1.